The maximum atomic E-state index is 10.3. The van der Waals surface area contributed by atoms with E-state index in [1.54, 1.807) is 0 Å². The van der Waals surface area contributed by atoms with Crippen LogP contribution in [0.3, 0.4) is 0 Å². The van der Waals surface area contributed by atoms with Crippen molar-refractivity contribution in [2.45, 2.75) is 38.0 Å². The van der Waals surface area contributed by atoms with Crippen molar-refractivity contribution in [2.24, 2.45) is 0 Å². The maximum absolute atomic E-state index is 10.3. The number of benzene rings is 2. The molecular formula is C18H21NO. The largest absolute Gasteiger partial charge is 0.391 e. The lowest BCUT2D eigenvalue weighted by atomic mass is 10.0. The van der Waals surface area contributed by atoms with Crippen molar-refractivity contribution in [3.8, 4) is 0 Å². The Morgan fingerprint density at radius 3 is 2.55 bits per heavy atom. The molecule has 0 fully saturated rings. The standard InChI is InChI=1S/C18H21NO/c1-2-16(13-8-4-3-5-9-13)19-18-15-11-7-6-10-14(15)12-17(18)20/h3-11,16-20H,2,12H2,1H3. The molecular weight excluding hydrogens is 246 g/mol. The van der Waals surface area contributed by atoms with Gasteiger partial charge < -0.3 is 10.4 Å². The summed E-state index contributed by atoms with van der Waals surface area (Å²) in [6.07, 6.45) is 1.43. The first-order chi connectivity index (χ1) is 9.79. The summed E-state index contributed by atoms with van der Waals surface area (Å²) < 4.78 is 0. The summed E-state index contributed by atoms with van der Waals surface area (Å²) in [4.78, 5) is 0. The molecule has 20 heavy (non-hydrogen) atoms. The molecule has 0 aliphatic heterocycles. The highest BCUT2D eigenvalue weighted by molar-refractivity contribution is 5.36. The van der Waals surface area contributed by atoms with Crippen molar-refractivity contribution >= 4 is 0 Å². The van der Waals surface area contributed by atoms with Crippen LogP contribution >= 0.6 is 0 Å². The van der Waals surface area contributed by atoms with Crippen LogP contribution in [0.4, 0.5) is 0 Å². The van der Waals surface area contributed by atoms with Crippen molar-refractivity contribution in [3.05, 3.63) is 71.3 Å². The topological polar surface area (TPSA) is 32.3 Å². The normalized spacial score (nSPS) is 22.5. The fourth-order valence-corrected chi connectivity index (χ4v) is 3.13. The lowest BCUT2D eigenvalue weighted by molar-refractivity contribution is 0.134. The summed E-state index contributed by atoms with van der Waals surface area (Å²) >= 11 is 0. The molecule has 0 bridgehead atoms. The van der Waals surface area contributed by atoms with Gasteiger partial charge in [-0.2, -0.15) is 0 Å². The summed E-state index contributed by atoms with van der Waals surface area (Å²) in [5.74, 6) is 0. The smallest absolute Gasteiger partial charge is 0.0775 e. The van der Waals surface area contributed by atoms with E-state index in [-0.39, 0.29) is 18.2 Å². The number of nitrogens with one attached hydrogen (secondary N) is 1. The van der Waals surface area contributed by atoms with Gasteiger partial charge in [-0.1, -0.05) is 61.5 Å². The van der Waals surface area contributed by atoms with Crippen molar-refractivity contribution in [3.63, 3.8) is 0 Å². The first kappa shape index (κ1) is 13.3. The molecule has 104 valence electrons. The van der Waals surface area contributed by atoms with Crippen molar-refractivity contribution < 1.29 is 5.11 Å². The zero-order valence-corrected chi connectivity index (χ0v) is 11.8. The van der Waals surface area contributed by atoms with E-state index in [1.807, 2.05) is 12.1 Å². The van der Waals surface area contributed by atoms with Crippen molar-refractivity contribution in [1.82, 2.24) is 5.32 Å². The molecule has 0 saturated carbocycles. The number of aliphatic hydroxyl groups is 1. The third-order valence-corrected chi connectivity index (χ3v) is 4.19. The molecule has 0 saturated heterocycles. The highest BCUT2D eigenvalue weighted by Crippen LogP contribution is 2.33. The number of aliphatic hydroxyl groups excluding tert-OH is 1. The summed E-state index contributed by atoms with van der Waals surface area (Å²) in [5, 5.41) is 14.0. The summed E-state index contributed by atoms with van der Waals surface area (Å²) in [5.41, 5.74) is 3.79. The SMILES string of the molecule is CCC(NC1c2ccccc2CC1O)c1ccccc1. The van der Waals surface area contributed by atoms with Crippen LogP contribution in [0.2, 0.25) is 0 Å². The first-order valence-corrected chi connectivity index (χ1v) is 7.36. The van der Waals surface area contributed by atoms with Gasteiger partial charge in [-0.3, -0.25) is 0 Å². The molecule has 3 atom stereocenters. The highest BCUT2D eigenvalue weighted by atomic mass is 16.3. The Hall–Kier alpha value is -1.64. The molecule has 0 heterocycles. The van der Waals surface area contributed by atoms with E-state index in [1.165, 1.54) is 16.7 Å². The predicted octanol–water partition coefficient (Wildman–Crippen LogP) is 3.39. The van der Waals surface area contributed by atoms with Crippen molar-refractivity contribution in [2.75, 3.05) is 0 Å². The van der Waals surface area contributed by atoms with E-state index in [2.05, 4.69) is 54.7 Å². The molecule has 2 aromatic carbocycles. The van der Waals surface area contributed by atoms with E-state index < -0.39 is 0 Å². The van der Waals surface area contributed by atoms with Crippen LogP contribution in [0.25, 0.3) is 0 Å². The molecule has 0 amide bonds. The first-order valence-electron chi connectivity index (χ1n) is 7.36. The van der Waals surface area contributed by atoms with E-state index in [4.69, 9.17) is 0 Å². The third kappa shape index (κ3) is 2.49. The van der Waals surface area contributed by atoms with Gasteiger partial charge in [-0.25, -0.2) is 0 Å². The number of rotatable bonds is 4. The monoisotopic (exact) mass is 267 g/mol. The van der Waals surface area contributed by atoms with Crippen molar-refractivity contribution in [1.29, 1.82) is 0 Å². The molecule has 1 aliphatic carbocycles. The van der Waals surface area contributed by atoms with E-state index in [0.29, 0.717) is 0 Å². The predicted molar refractivity (Wildman–Crippen MR) is 81.5 cm³/mol. The summed E-state index contributed by atoms with van der Waals surface area (Å²) in [7, 11) is 0. The fraction of sp³-hybridized carbons (Fsp3) is 0.333. The molecule has 1 aliphatic rings. The zero-order chi connectivity index (χ0) is 13.9. The van der Waals surface area contributed by atoms with Gasteiger partial charge in [0.2, 0.25) is 0 Å². The Morgan fingerprint density at radius 2 is 1.80 bits per heavy atom. The minimum atomic E-state index is -0.329. The van der Waals surface area contributed by atoms with Crippen LogP contribution in [0.5, 0.6) is 0 Å². The molecule has 0 radical (unpaired) electrons. The second-order valence-electron chi connectivity index (χ2n) is 5.49. The van der Waals surface area contributed by atoms with Gasteiger partial charge >= 0.3 is 0 Å². The van der Waals surface area contributed by atoms with Crippen LogP contribution in [-0.2, 0) is 6.42 Å². The molecule has 2 aromatic rings. The van der Waals surface area contributed by atoms with E-state index in [0.717, 1.165) is 12.8 Å². The van der Waals surface area contributed by atoms with Crippen LogP contribution in [0, 0.1) is 0 Å². The lowest BCUT2D eigenvalue weighted by Crippen LogP contribution is -2.32. The van der Waals surface area contributed by atoms with E-state index >= 15 is 0 Å². The average Bonchev–Trinajstić information content (AvgIpc) is 2.81. The molecule has 2 nitrogen and oxygen atoms in total. The van der Waals surface area contributed by atoms with Crippen LogP contribution in [0.1, 0.15) is 42.1 Å². The molecule has 2 N–H and O–H groups in total. The number of hydrogen-bond donors (Lipinski definition) is 2. The van der Waals surface area contributed by atoms with Gasteiger partial charge in [0.15, 0.2) is 0 Å². The second-order valence-corrected chi connectivity index (χ2v) is 5.49. The highest BCUT2D eigenvalue weighted by Gasteiger charge is 2.31. The Kier molecular flexibility index (Phi) is 3.86. The van der Waals surface area contributed by atoms with Crippen LogP contribution in [-0.4, -0.2) is 11.2 Å². The Labute approximate surface area is 120 Å². The lowest BCUT2D eigenvalue weighted by Gasteiger charge is -2.25. The molecule has 3 rings (SSSR count). The summed E-state index contributed by atoms with van der Waals surface area (Å²) in [6.45, 7) is 2.18. The summed E-state index contributed by atoms with van der Waals surface area (Å²) in [6, 6.07) is 19.1. The van der Waals surface area contributed by atoms with E-state index in [9.17, 15) is 5.11 Å². The third-order valence-electron chi connectivity index (χ3n) is 4.19. The Morgan fingerprint density at radius 1 is 1.10 bits per heavy atom. The zero-order valence-electron chi connectivity index (χ0n) is 11.8. The fourth-order valence-electron chi connectivity index (χ4n) is 3.13. The second kappa shape index (κ2) is 5.78. The molecule has 0 spiro atoms. The minimum Gasteiger partial charge on any atom is -0.391 e. The quantitative estimate of drug-likeness (QED) is 0.890. The molecule has 0 aromatic heterocycles. The van der Waals surface area contributed by atoms with Gasteiger partial charge in [0.25, 0.3) is 0 Å². The maximum Gasteiger partial charge on any atom is 0.0775 e. The van der Waals surface area contributed by atoms with Gasteiger partial charge in [0.1, 0.15) is 0 Å². The van der Waals surface area contributed by atoms with Crippen LogP contribution < -0.4 is 5.32 Å². The van der Waals surface area contributed by atoms with Gasteiger partial charge in [-0.05, 0) is 23.1 Å². The van der Waals surface area contributed by atoms with Crippen LogP contribution in [0.15, 0.2) is 54.6 Å². The van der Waals surface area contributed by atoms with Gasteiger partial charge in [0.05, 0.1) is 12.1 Å². The Balaban J connectivity index is 1.83. The van der Waals surface area contributed by atoms with Gasteiger partial charge in [-0.15, -0.1) is 0 Å². The molecule has 2 heteroatoms. The number of hydrogen-bond acceptors (Lipinski definition) is 2. The van der Waals surface area contributed by atoms with Gasteiger partial charge in [0, 0.05) is 12.5 Å². The Bertz CT molecular complexity index is 567. The number of fused-ring (bicyclic) bond motifs is 1. The minimum absolute atomic E-state index is 0.0383. The average molecular weight is 267 g/mol. The molecule has 3 unspecified atom stereocenters.